The molecule has 0 aliphatic heterocycles. The number of hydrogen-bond acceptors (Lipinski definition) is 2. The van der Waals surface area contributed by atoms with Crippen molar-refractivity contribution in [3.63, 3.8) is 0 Å². The molecule has 1 aromatic rings. The molecule has 0 atom stereocenters. The molecule has 1 aromatic carbocycles. The maximum Gasteiger partial charge on any atom is 0.223 e. The van der Waals surface area contributed by atoms with E-state index in [2.05, 4.69) is 5.32 Å². The topological polar surface area (TPSA) is 49.4 Å². The fourth-order valence-electron chi connectivity index (χ4n) is 1.70. The number of halogens is 1. The summed E-state index contributed by atoms with van der Waals surface area (Å²) in [4.78, 5) is 24.6. The molecule has 0 saturated heterocycles. The summed E-state index contributed by atoms with van der Waals surface area (Å²) in [5, 5.41) is 2.76. The molecular formula is C14H19FN2O2. The van der Waals surface area contributed by atoms with Gasteiger partial charge in [-0.05, 0) is 38.1 Å². The van der Waals surface area contributed by atoms with Gasteiger partial charge in [-0.15, -0.1) is 0 Å². The second-order valence-corrected chi connectivity index (χ2v) is 4.62. The largest absolute Gasteiger partial charge is 0.354 e. The quantitative estimate of drug-likeness (QED) is 0.887. The van der Waals surface area contributed by atoms with Crippen molar-refractivity contribution in [2.75, 3.05) is 11.4 Å². The van der Waals surface area contributed by atoms with E-state index >= 15 is 0 Å². The molecule has 0 aliphatic rings. The maximum atomic E-state index is 12.8. The average molecular weight is 266 g/mol. The summed E-state index contributed by atoms with van der Waals surface area (Å²) in [5.41, 5.74) is 0.589. The van der Waals surface area contributed by atoms with E-state index in [1.54, 1.807) is 0 Å². The molecule has 104 valence electrons. The molecule has 19 heavy (non-hydrogen) atoms. The van der Waals surface area contributed by atoms with Gasteiger partial charge in [0.25, 0.3) is 0 Å². The Morgan fingerprint density at radius 3 is 2.32 bits per heavy atom. The lowest BCUT2D eigenvalue weighted by atomic mass is 10.2. The number of nitrogens with one attached hydrogen (secondary N) is 1. The van der Waals surface area contributed by atoms with Crippen molar-refractivity contribution >= 4 is 17.5 Å². The van der Waals surface area contributed by atoms with Crippen molar-refractivity contribution in [1.29, 1.82) is 0 Å². The Bertz CT molecular complexity index is 443. The Balaban J connectivity index is 2.66. The van der Waals surface area contributed by atoms with Gasteiger partial charge in [-0.25, -0.2) is 4.39 Å². The van der Waals surface area contributed by atoms with Crippen LogP contribution in [0.3, 0.4) is 0 Å². The van der Waals surface area contributed by atoms with Crippen LogP contribution in [0, 0.1) is 5.82 Å². The summed E-state index contributed by atoms with van der Waals surface area (Å²) >= 11 is 0. The number of rotatable bonds is 5. The van der Waals surface area contributed by atoms with Crippen LogP contribution in [0.4, 0.5) is 10.1 Å². The van der Waals surface area contributed by atoms with E-state index in [9.17, 15) is 14.0 Å². The number of carbonyl (C=O) groups is 2. The van der Waals surface area contributed by atoms with Crippen LogP contribution in [-0.4, -0.2) is 24.4 Å². The molecule has 0 radical (unpaired) electrons. The minimum Gasteiger partial charge on any atom is -0.354 e. The number of benzene rings is 1. The summed E-state index contributed by atoms with van der Waals surface area (Å²) in [6.07, 6.45) is 0.217. The number of anilines is 1. The van der Waals surface area contributed by atoms with Gasteiger partial charge >= 0.3 is 0 Å². The lowest BCUT2D eigenvalue weighted by molar-refractivity contribution is -0.121. The molecule has 1 N–H and O–H groups in total. The predicted molar refractivity (Wildman–Crippen MR) is 72.3 cm³/mol. The van der Waals surface area contributed by atoms with Crippen molar-refractivity contribution < 1.29 is 14.0 Å². The zero-order valence-corrected chi connectivity index (χ0v) is 11.4. The monoisotopic (exact) mass is 266 g/mol. The number of carbonyl (C=O) groups excluding carboxylic acids is 2. The molecular weight excluding hydrogens is 247 g/mol. The number of amides is 2. The molecule has 0 unspecified atom stereocenters. The second-order valence-electron chi connectivity index (χ2n) is 4.62. The molecule has 0 aromatic heterocycles. The first kappa shape index (κ1) is 15.1. The Kier molecular flexibility index (Phi) is 5.48. The van der Waals surface area contributed by atoms with Crippen LogP contribution in [0.2, 0.25) is 0 Å². The first-order valence-corrected chi connectivity index (χ1v) is 6.23. The van der Waals surface area contributed by atoms with Crippen LogP contribution in [-0.2, 0) is 9.59 Å². The van der Waals surface area contributed by atoms with Crippen molar-refractivity contribution in [2.45, 2.75) is 33.2 Å². The average Bonchev–Trinajstić information content (AvgIpc) is 2.30. The zero-order valence-electron chi connectivity index (χ0n) is 11.4. The van der Waals surface area contributed by atoms with E-state index < -0.39 is 0 Å². The Morgan fingerprint density at radius 1 is 1.26 bits per heavy atom. The lowest BCUT2D eigenvalue weighted by Crippen LogP contribution is -2.36. The summed E-state index contributed by atoms with van der Waals surface area (Å²) < 4.78 is 12.8. The third-order valence-electron chi connectivity index (χ3n) is 2.53. The third-order valence-corrected chi connectivity index (χ3v) is 2.53. The van der Waals surface area contributed by atoms with Crippen LogP contribution in [0.25, 0.3) is 0 Å². The van der Waals surface area contributed by atoms with Gasteiger partial charge in [0.15, 0.2) is 0 Å². The first-order valence-electron chi connectivity index (χ1n) is 6.23. The molecule has 0 aliphatic carbocycles. The van der Waals surface area contributed by atoms with Crippen LogP contribution in [0.15, 0.2) is 24.3 Å². The maximum absolute atomic E-state index is 12.8. The van der Waals surface area contributed by atoms with Gasteiger partial charge in [0.2, 0.25) is 11.8 Å². The highest BCUT2D eigenvalue weighted by atomic mass is 19.1. The van der Waals surface area contributed by atoms with Gasteiger partial charge in [0.1, 0.15) is 5.82 Å². The van der Waals surface area contributed by atoms with Crippen LogP contribution < -0.4 is 10.2 Å². The smallest absolute Gasteiger partial charge is 0.223 e. The molecule has 2 amide bonds. The van der Waals surface area contributed by atoms with Crippen LogP contribution in [0.1, 0.15) is 27.2 Å². The first-order chi connectivity index (χ1) is 8.90. The minimum atomic E-state index is -0.357. The Hall–Kier alpha value is -1.91. The summed E-state index contributed by atoms with van der Waals surface area (Å²) in [5.74, 6) is -0.642. The second kappa shape index (κ2) is 6.87. The van der Waals surface area contributed by atoms with Crippen molar-refractivity contribution in [3.8, 4) is 0 Å². The number of hydrogen-bond donors (Lipinski definition) is 1. The zero-order chi connectivity index (χ0) is 14.4. The fourth-order valence-corrected chi connectivity index (χ4v) is 1.70. The normalized spacial score (nSPS) is 10.4. The van der Waals surface area contributed by atoms with E-state index in [4.69, 9.17) is 0 Å². The predicted octanol–water partition coefficient (Wildman–Crippen LogP) is 2.09. The number of nitrogens with zero attached hydrogens (tertiary/aromatic N) is 1. The summed E-state index contributed by atoms with van der Waals surface area (Å²) in [7, 11) is 0. The van der Waals surface area contributed by atoms with Gasteiger partial charge in [-0.3, -0.25) is 9.59 Å². The van der Waals surface area contributed by atoms with Crippen LogP contribution >= 0.6 is 0 Å². The minimum absolute atomic E-state index is 0.0732. The van der Waals surface area contributed by atoms with Gasteiger partial charge in [0, 0.05) is 31.6 Å². The lowest BCUT2D eigenvalue weighted by Gasteiger charge is -2.21. The SMILES string of the molecule is CC(=O)N(CCC(=O)NC(C)C)c1ccc(F)cc1. The van der Waals surface area contributed by atoms with Gasteiger partial charge in [-0.1, -0.05) is 0 Å². The highest BCUT2D eigenvalue weighted by molar-refractivity contribution is 5.92. The Labute approximate surface area is 112 Å². The van der Waals surface area contributed by atoms with E-state index in [1.807, 2.05) is 13.8 Å². The van der Waals surface area contributed by atoms with E-state index in [0.29, 0.717) is 5.69 Å². The van der Waals surface area contributed by atoms with Crippen LogP contribution in [0.5, 0.6) is 0 Å². The van der Waals surface area contributed by atoms with Gasteiger partial charge in [-0.2, -0.15) is 0 Å². The van der Waals surface area contributed by atoms with E-state index in [1.165, 1.54) is 36.1 Å². The van der Waals surface area contributed by atoms with Crippen molar-refractivity contribution in [2.24, 2.45) is 0 Å². The van der Waals surface area contributed by atoms with Crippen molar-refractivity contribution in [3.05, 3.63) is 30.1 Å². The molecule has 5 heteroatoms. The highest BCUT2D eigenvalue weighted by Crippen LogP contribution is 2.15. The molecule has 0 saturated carbocycles. The molecule has 0 heterocycles. The molecule has 4 nitrogen and oxygen atoms in total. The van der Waals surface area contributed by atoms with Gasteiger partial charge in [0.05, 0.1) is 0 Å². The fraction of sp³-hybridized carbons (Fsp3) is 0.429. The van der Waals surface area contributed by atoms with E-state index in [0.717, 1.165) is 0 Å². The Morgan fingerprint density at radius 2 is 1.84 bits per heavy atom. The summed E-state index contributed by atoms with van der Waals surface area (Å²) in [6.45, 7) is 5.45. The standard InChI is InChI=1S/C14H19FN2O2/c1-10(2)16-14(19)8-9-17(11(3)18)13-6-4-12(15)5-7-13/h4-7,10H,8-9H2,1-3H3,(H,16,19). The molecule has 0 spiro atoms. The van der Waals surface area contributed by atoms with E-state index in [-0.39, 0.29) is 36.6 Å². The summed E-state index contributed by atoms with van der Waals surface area (Å²) in [6, 6.07) is 5.71. The molecule has 0 fully saturated rings. The highest BCUT2D eigenvalue weighted by Gasteiger charge is 2.13. The molecule has 0 bridgehead atoms. The van der Waals surface area contributed by atoms with Crippen molar-refractivity contribution in [1.82, 2.24) is 5.32 Å². The third kappa shape index (κ3) is 5.07. The molecule has 1 rings (SSSR count). The van der Waals surface area contributed by atoms with Gasteiger partial charge < -0.3 is 10.2 Å².